The molecule has 1 N–H and O–H groups in total. The van der Waals surface area contributed by atoms with E-state index in [4.69, 9.17) is 0 Å². The minimum Gasteiger partial charge on any atom is -0.481 e. The Balaban J connectivity index is 1.52. The molecular weight excluding hydrogens is 362 g/mol. The van der Waals surface area contributed by atoms with Gasteiger partial charge >= 0.3 is 5.97 Å². The Morgan fingerprint density at radius 2 is 1.83 bits per heavy atom. The summed E-state index contributed by atoms with van der Waals surface area (Å²) in [7, 11) is 2.07. The highest BCUT2D eigenvalue weighted by Gasteiger charge is 2.23. The zero-order valence-corrected chi connectivity index (χ0v) is 16.9. The average molecular weight is 389 g/mol. The number of hydrogen-bond donors (Lipinski definition) is 1. The highest BCUT2D eigenvalue weighted by Crippen LogP contribution is 2.32. The van der Waals surface area contributed by atoms with Gasteiger partial charge < -0.3 is 9.67 Å². The Hall–Kier alpha value is -2.88. The molecule has 29 heavy (non-hydrogen) atoms. The Labute approximate surface area is 171 Å². The van der Waals surface area contributed by atoms with Gasteiger partial charge in [-0.15, -0.1) is 0 Å². The summed E-state index contributed by atoms with van der Waals surface area (Å²) in [4.78, 5) is 24.6. The molecule has 0 spiro atoms. The maximum atomic E-state index is 12.9. The van der Waals surface area contributed by atoms with E-state index in [1.165, 1.54) is 29.5 Å². The molecule has 0 aliphatic heterocycles. The van der Waals surface area contributed by atoms with Crippen LogP contribution in [-0.2, 0) is 31.1 Å². The number of rotatable bonds is 7. The molecule has 0 radical (unpaired) electrons. The Bertz CT molecular complexity index is 1050. The largest absolute Gasteiger partial charge is 0.481 e. The number of aliphatic carboxylic acids is 1. The molecule has 150 valence electrons. The van der Waals surface area contributed by atoms with Gasteiger partial charge in [-0.1, -0.05) is 42.5 Å². The number of carboxylic acids is 1. The molecule has 1 heterocycles. The first kappa shape index (κ1) is 19.4. The number of fused-ring (bicyclic) bond motifs is 3. The van der Waals surface area contributed by atoms with Crippen molar-refractivity contribution in [2.24, 2.45) is 13.0 Å². The first-order valence-electron chi connectivity index (χ1n) is 10.4. The predicted molar refractivity (Wildman–Crippen MR) is 114 cm³/mol. The maximum Gasteiger partial charge on any atom is 0.306 e. The molecule has 3 aromatic rings. The summed E-state index contributed by atoms with van der Waals surface area (Å²) in [5.74, 6) is -1.66. The van der Waals surface area contributed by atoms with Gasteiger partial charge in [-0.2, -0.15) is 0 Å². The van der Waals surface area contributed by atoms with E-state index < -0.39 is 11.9 Å². The van der Waals surface area contributed by atoms with Crippen LogP contribution in [0.25, 0.3) is 10.9 Å². The molecule has 1 aromatic heterocycles. The van der Waals surface area contributed by atoms with Crippen molar-refractivity contribution in [3.63, 3.8) is 0 Å². The van der Waals surface area contributed by atoms with Crippen LogP contribution in [0, 0.1) is 5.92 Å². The average Bonchev–Trinajstić information content (AvgIpc) is 3.03. The zero-order valence-electron chi connectivity index (χ0n) is 16.9. The lowest BCUT2D eigenvalue weighted by atomic mass is 9.91. The lowest BCUT2D eigenvalue weighted by molar-refractivity contribution is -0.141. The predicted octanol–water partition coefficient (Wildman–Crippen LogP) is 4.96. The quantitative estimate of drug-likeness (QED) is 0.581. The molecule has 1 atom stereocenters. The lowest BCUT2D eigenvalue weighted by Gasteiger charge is -2.12. The molecule has 0 saturated heterocycles. The van der Waals surface area contributed by atoms with E-state index >= 15 is 0 Å². The van der Waals surface area contributed by atoms with Crippen molar-refractivity contribution in [2.75, 3.05) is 0 Å². The molecule has 4 nitrogen and oxygen atoms in total. The van der Waals surface area contributed by atoms with Crippen molar-refractivity contribution in [2.45, 2.75) is 44.9 Å². The molecule has 4 rings (SSSR count). The van der Waals surface area contributed by atoms with Crippen molar-refractivity contribution in [3.8, 4) is 0 Å². The fraction of sp³-hybridized carbons (Fsp3) is 0.360. The van der Waals surface area contributed by atoms with Crippen LogP contribution in [0.1, 0.15) is 52.9 Å². The van der Waals surface area contributed by atoms with E-state index in [0.29, 0.717) is 18.4 Å². The first-order valence-corrected chi connectivity index (χ1v) is 10.4. The van der Waals surface area contributed by atoms with Crippen molar-refractivity contribution in [1.82, 2.24) is 4.57 Å². The van der Waals surface area contributed by atoms with Gasteiger partial charge in [-0.25, -0.2) is 0 Å². The molecule has 0 amide bonds. The summed E-state index contributed by atoms with van der Waals surface area (Å²) in [6.07, 6.45) is 5.78. The van der Waals surface area contributed by atoms with E-state index in [-0.39, 0.29) is 12.2 Å². The van der Waals surface area contributed by atoms with Gasteiger partial charge in [0.15, 0.2) is 5.78 Å². The summed E-state index contributed by atoms with van der Waals surface area (Å²) >= 11 is 0. The van der Waals surface area contributed by atoms with E-state index in [9.17, 15) is 14.7 Å². The number of Topliss-reactive ketones (excluding diaryl/α,β-unsaturated/α-hetero) is 1. The molecule has 0 fully saturated rings. The summed E-state index contributed by atoms with van der Waals surface area (Å²) < 4.78 is 2.21. The molecular formula is C25H27NO3. The maximum absolute atomic E-state index is 12.9. The van der Waals surface area contributed by atoms with Gasteiger partial charge in [0.25, 0.3) is 0 Å². The number of benzene rings is 2. The van der Waals surface area contributed by atoms with E-state index in [2.05, 4.69) is 11.6 Å². The third-order valence-electron chi connectivity index (χ3n) is 6.26. The van der Waals surface area contributed by atoms with Gasteiger partial charge in [0.2, 0.25) is 0 Å². The number of hydrogen-bond acceptors (Lipinski definition) is 2. The normalized spacial score (nSPS) is 14.5. The molecule has 0 unspecified atom stereocenters. The molecule has 2 aromatic carbocycles. The number of carbonyl (C=O) groups excluding carboxylic acids is 1. The van der Waals surface area contributed by atoms with Crippen LogP contribution >= 0.6 is 0 Å². The monoisotopic (exact) mass is 389 g/mol. The second kappa shape index (κ2) is 8.24. The number of carboxylic acid groups (broad SMARTS) is 1. The minimum absolute atomic E-state index is 0.0395. The number of carbonyl (C=O) groups is 2. The van der Waals surface area contributed by atoms with Gasteiger partial charge in [0, 0.05) is 35.6 Å². The van der Waals surface area contributed by atoms with Crippen LogP contribution in [0.15, 0.2) is 48.5 Å². The van der Waals surface area contributed by atoms with Crippen LogP contribution in [0.5, 0.6) is 0 Å². The second-order valence-electron chi connectivity index (χ2n) is 8.11. The topological polar surface area (TPSA) is 59.3 Å². The number of aromatic nitrogens is 1. The number of nitrogens with zero attached hydrogens (tertiary/aromatic N) is 1. The van der Waals surface area contributed by atoms with Crippen molar-refractivity contribution in [3.05, 3.63) is 70.9 Å². The van der Waals surface area contributed by atoms with E-state index in [1.807, 2.05) is 48.5 Å². The summed E-state index contributed by atoms with van der Waals surface area (Å²) in [5.41, 5.74) is 5.59. The first-order chi connectivity index (χ1) is 14.0. The van der Waals surface area contributed by atoms with Gasteiger partial charge in [0.05, 0.1) is 5.92 Å². The highest BCUT2D eigenvalue weighted by molar-refractivity contribution is 6.01. The van der Waals surface area contributed by atoms with Crippen LogP contribution < -0.4 is 0 Å². The Morgan fingerprint density at radius 3 is 2.59 bits per heavy atom. The van der Waals surface area contributed by atoms with Crippen LogP contribution in [0.4, 0.5) is 0 Å². The summed E-state index contributed by atoms with van der Waals surface area (Å²) in [6, 6.07) is 15.7. The number of aryl methyl sites for hydroxylation is 3. The van der Waals surface area contributed by atoms with E-state index in [0.717, 1.165) is 23.9 Å². The fourth-order valence-corrected chi connectivity index (χ4v) is 4.57. The van der Waals surface area contributed by atoms with Crippen LogP contribution in [-0.4, -0.2) is 21.4 Å². The highest BCUT2D eigenvalue weighted by atomic mass is 16.4. The number of ketones is 1. The van der Waals surface area contributed by atoms with Gasteiger partial charge in [-0.3, -0.25) is 9.59 Å². The van der Waals surface area contributed by atoms with Crippen LogP contribution in [0.3, 0.4) is 0 Å². The Morgan fingerprint density at radius 1 is 1.07 bits per heavy atom. The summed E-state index contributed by atoms with van der Waals surface area (Å²) in [6.45, 7) is 0. The molecule has 4 heteroatoms. The lowest BCUT2D eigenvalue weighted by Crippen LogP contribution is -2.19. The third kappa shape index (κ3) is 3.98. The van der Waals surface area contributed by atoms with Gasteiger partial charge in [-0.05, 0) is 55.7 Å². The Kier molecular flexibility index (Phi) is 5.52. The van der Waals surface area contributed by atoms with Crippen molar-refractivity contribution in [1.29, 1.82) is 0 Å². The third-order valence-corrected chi connectivity index (χ3v) is 6.26. The SMILES string of the molecule is Cn1c2c(c3ccc(C(=O)C[C@H](CCc4ccccc4)C(=O)O)cc31)CCCC2. The minimum atomic E-state index is -0.898. The molecule has 0 bridgehead atoms. The standard InChI is InChI=1S/C25H27NO3/c1-26-22-10-6-5-9-20(22)21-14-13-18(15-23(21)26)24(27)16-19(25(28)29)12-11-17-7-3-2-4-8-17/h2-4,7-8,13-15,19H,5-6,9-12,16H2,1H3,(H,28,29)/t19-/m0/s1. The van der Waals surface area contributed by atoms with Crippen molar-refractivity contribution >= 4 is 22.7 Å². The molecule has 1 aliphatic carbocycles. The van der Waals surface area contributed by atoms with Gasteiger partial charge in [0.1, 0.15) is 0 Å². The molecule has 0 saturated carbocycles. The smallest absolute Gasteiger partial charge is 0.306 e. The molecule has 1 aliphatic rings. The van der Waals surface area contributed by atoms with E-state index in [1.54, 1.807) is 0 Å². The zero-order chi connectivity index (χ0) is 20.4. The van der Waals surface area contributed by atoms with Crippen molar-refractivity contribution < 1.29 is 14.7 Å². The van der Waals surface area contributed by atoms with Crippen LogP contribution in [0.2, 0.25) is 0 Å². The fourth-order valence-electron chi connectivity index (χ4n) is 4.57. The second-order valence-corrected chi connectivity index (χ2v) is 8.11. The summed E-state index contributed by atoms with van der Waals surface area (Å²) in [5, 5.41) is 10.9.